The first-order chi connectivity index (χ1) is 18.2. The average Bonchev–Trinajstić information content (AvgIpc) is 3.39. The molecule has 2 saturated heterocycles. The van der Waals surface area contributed by atoms with Gasteiger partial charge in [-0.1, -0.05) is 12.1 Å². The summed E-state index contributed by atoms with van der Waals surface area (Å²) in [5, 5.41) is 10.6. The first-order valence-corrected chi connectivity index (χ1v) is 13.2. The molecule has 0 radical (unpaired) electrons. The molecule has 1 N–H and O–H groups in total. The normalized spacial score (nSPS) is 17.7. The number of piperazine rings is 1. The fourth-order valence-corrected chi connectivity index (χ4v) is 5.42. The minimum atomic E-state index is -4.33. The Labute approximate surface area is 221 Å². The summed E-state index contributed by atoms with van der Waals surface area (Å²) in [6.07, 6.45) is 1.21. The summed E-state index contributed by atoms with van der Waals surface area (Å²) in [5.74, 6) is -0.0131. The van der Waals surface area contributed by atoms with Gasteiger partial charge in [-0.25, -0.2) is 4.79 Å². The first-order valence-electron chi connectivity index (χ1n) is 12.4. The van der Waals surface area contributed by atoms with E-state index < -0.39 is 11.6 Å². The first kappa shape index (κ1) is 26.3. The standard InChI is InChI=1S/C25H27F3N6O3S/c26-25(27,28)38-20-4-1-17(2-5-20)16-37-24(36)34-9-7-19(8-10-34)32-11-13-33(14-12-32)23(35)18-3-6-21-22(15-18)30-31-29-21/h1-6,15,19H,7-14,16H2,(H,29,30,31). The molecule has 38 heavy (non-hydrogen) atoms. The van der Waals surface area contributed by atoms with Crippen LogP contribution in [0.1, 0.15) is 28.8 Å². The molecule has 2 fully saturated rings. The van der Waals surface area contributed by atoms with E-state index in [1.54, 1.807) is 23.1 Å². The lowest BCUT2D eigenvalue weighted by Gasteiger charge is -2.42. The molecular formula is C25H27F3N6O3S. The van der Waals surface area contributed by atoms with Crippen molar-refractivity contribution in [1.29, 1.82) is 0 Å². The Morgan fingerprint density at radius 1 is 0.921 bits per heavy atom. The number of benzene rings is 2. The Bertz CT molecular complexity index is 1270. The number of nitrogens with one attached hydrogen (secondary N) is 1. The maximum atomic E-state index is 12.9. The maximum absolute atomic E-state index is 12.9. The molecule has 0 spiro atoms. The van der Waals surface area contributed by atoms with Crippen molar-refractivity contribution in [2.75, 3.05) is 39.3 Å². The number of piperidine rings is 1. The molecule has 9 nitrogen and oxygen atoms in total. The van der Waals surface area contributed by atoms with Crippen molar-refractivity contribution in [1.82, 2.24) is 30.1 Å². The minimum Gasteiger partial charge on any atom is -0.445 e. The number of rotatable bonds is 5. The largest absolute Gasteiger partial charge is 0.446 e. The fourth-order valence-electron chi connectivity index (χ4n) is 4.88. The fraction of sp³-hybridized carbons (Fsp3) is 0.440. The smallest absolute Gasteiger partial charge is 0.445 e. The third-order valence-corrected chi connectivity index (χ3v) is 7.66. The van der Waals surface area contributed by atoms with Gasteiger partial charge in [0.25, 0.3) is 5.91 Å². The number of fused-ring (bicyclic) bond motifs is 1. The number of hydrogen-bond donors (Lipinski definition) is 1. The van der Waals surface area contributed by atoms with Gasteiger partial charge in [-0.05, 0) is 60.5 Å². The van der Waals surface area contributed by atoms with Gasteiger partial charge in [-0.3, -0.25) is 9.69 Å². The van der Waals surface area contributed by atoms with E-state index in [9.17, 15) is 22.8 Å². The second-order valence-corrected chi connectivity index (χ2v) is 10.5. The van der Waals surface area contributed by atoms with Gasteiger partial charge in [-0.2, -0.15) is 28.6 Å². The summed E-state index contributed by atoms with van der Waals surface area (Å²) in [6.45, 7) is 3.97. The zero-order valence-corrected chi connectivity index (χ0v) is 21.3. The Morgan fingerprint density at radius 3 is 2.29 bits per heavy atom. The van der Waals surface area contributed by atoms with Crippen molar-refractivity contribution in [3.8, 4) is 0 Å². The second-order valence-electron chi connectivity index (χ2n) is 9.32. The lowest BCUT2D eigenvalue weighted by Crippen LogP contribution is -2.54. The number of amides is 2. The molecule has 0 saturated carbocycles. The molecular weight excluding hydrogens is 521 g/mol. The van der Waals surface area contributed by atoms with Crippen LogP contribution >= 0.6 is 11.8 Å². The van der Waals surface area contributed by atoms with E-state index in [4.69, 9.17) is 4.74 Å². The van der Waals surface area contributed by atoms with Crippen LogP contribution in [0.2, 0.25) is 0 Å². The Kier molecular flexibility index (Phi) is 7.75. The van der Waals surface area contributed by atoms with Crippen LogP contribution in [0.25, 0.3) is 11.0 Å². The minimum absolute atomic E-state index is 0.00924. The van der Waals surface area contributed by atoms with E-state index in [0.29, 0.717) is 48.9 Å². The predicted molar refractivity (Wildman–Crippen MR) is 134 cm³/mol. The van der Waals surface area contributed by atoms with Crippen molar-refractivity contribution < 1.29 is 27.5 Å². The summed E-state index contributed by atoms with van der Waals surface area (Å²) >= 11 is -0.175. The van der Waals surface area contributed by atoms with Crippen molar-refractivity contribution in [2.24, 2.45) is 0 Å². The molecule has 2 aromatic carbocycles. The van der Waals surface area contributed by atoms with Crippen LogP contribution in [0.3, 0.4) is 0 Å². The van der Waals surface area contributed by atoms with Crippen molar-refractivity contribution >= 4 is 34.8 Å². The summed E-state index contributed by atoms with van der Waals surface area (Å²) in [4.78, 5) is 31.5. The number of halogens is 3. The lowest BCUT2D eigenvalue weighted by molar-refractivity contribution is -0.0328. The quantitative estimate of drug-likeness (QED) is 0.479. The molecule has 0 bridgehead atoms. The van der Waals surface area contributed by atoms with Crippen LogP contribution < -0.4 is 0 Å². The maximum Gasteiger partial charge on any atom is 0.446 e. The van der Waals surface area contributed by atoms with Gasteiger partial charge in [0.2, 0.25) is 0 Å². The highest BCUT2D eigenvalue weighted by Crippen LogP contribution is 2.36. The van der Waals surface area contributed by atoms with E-state index in [0.717, 1.165) is 31.4 Å². The number of nitrogens with zero attached hydrogens (tertiary/aromatic N) is 5. The molecule has 0 atom stereocenters. The lowest BCUT2D eigenvalue weighted by atomic mass is 10.0. The van der Waals surface area contributed by atoms with Crippen LogP contribution in [0.5, 0.6) is 0 Å². The van der Waals surface area contributed by atoms with Crippen molar-refractivity contribution in [3.63, 3.8) is 0 Å². The van der Waals surface area contributed by atoms with E-state index in [1.807, 2.05) is 4.90 Å². The Morgan fingerprint density at radius 2 is 1.61 bits per heavy atom. The number of likely N-dealkylation sites (tertiary alicyclic amines) is 1. The van der Waals surface area contributed by atoms with Crippen LogP contribution in [0.15, 0.2) is 47.4 Å². The van der Waals surface area contributed by atoms with Gasteiger partial charge in [0.15, 0.2) is 0 Å². The van der Waals surface area contributed by atoms with Crippen LogP contribution in [-0.2, 0) is 11.3 Å². The molecule has 202 valence electrons. The molecule has 2 aliphatic rings. The van der Waals surface area contributed by atoms with Crippen LogP contribution in [0.4, 0.5) is 18.0 Å². The van der Waals surface area contributed by atoms with E-state index >= 15 is 0 Å². The number of H-pyrrole nitrogens is 1. The molecule has 2 amide bonds. The molecule has 0 aliphatic carbocycles. The Hall–Kier alpha value is -3.32. The highest BCUT2D eigenvalue weighted by atomic mass is 32.2. The number of aromatic nitrogens is 3. The number of hydrogen-bond acceptors (Lipinski definition) is 7. The number of carbonyl (C=O) groups is 2. The molecule has 2 aliphatic heterocycles. The van der Waals surface area contributed by atoms with E-state index in [2.05, 4.69) is 20.3 Å². The van der Waals surface area contributed by atoms with Crippen LogP contribution in [-0.4, -0.2) is 92.9 Å². The van der Waals surface area contributed by atoms with Crippen molar-refractivity contribution in [2.45, 2.75) is 35.9 Å². The molecule has 0 unspecified atom stereocenters. The van der Waals surface area contributed by atoms with Gasteiger partial charge in [0, 0.05) is 55.8 Å². The predicted octanol–water partition coefficient (Wildman–Crippen LogP) is 4.13. The number of alkyl halides is 3. The summed E-state index contributed by atoms with van der Waals surface area (Å²) in [7, 11) is 0. The average molecular weight is 549 g/mol. The number of aromatic amines is 1. The van der Waals surface area contributed by atoms with Gasteiger partial charge < -0.3 is 14.5 Å². The summed E-state index contributed by atoms with van der Waals surface area (Å²) in [5.41, 5.74) is -1.72. The summed E-state index contributed by atoms with van der Waals surface area (Å²) < 4.78 is 42.8. The second kappa shape index (κ2) is 11.2. The van der Waals surface area contributed by atoms with E-state index in [1.165, 1.54) is 24.3 Å². The van der Waals surface area contributed by atoms with Gasteiger partial charge >= 0.3 is 11.6 Å². The van der Waals surface area contributed by atoms with Gasteiger partial charge in [-0.15, -0.1) is 0 Å². The topological polar surface area (TPSA) is 94.7 Å². The van der Waals surface area contributed by atoms with Crippen LogP contribution in [0, 0.1) is 0 Å². The molecule has 5 rings (SSSR count). The highest BCUT2D eigenvalue weighted by Gasteiger charge is 2.31. The van der Waals surface area contributed by atoms with Crippen molar-refractivity contribution in [3.05, 3.63) is 53.6 Å². The SMILES string of the molecule is O=C(OCc1ccc(SC(F)(F)F)cc1)N1CCC(N2CCN(C(=O)c3ccc4n[nH]nc4c3)CC2)CC1. The Balaban J connectivity index is 1.04. The molecule has 3 aromatic rings. The molecule has 3 heterocycles. The number of thioether (sulfide) groups is 1. The third kappa shape index (κ3) is 6.38. The van der Waals surface area contributed by atoms with Gasteiger partial charge in [0.1, 0.15) is 17.6 Å². The monoisotopic (exact) mass is 548 g/mol. The molecule has 1 aromatic heterocycles. The van der Waals surface area contributed by atoms with E-state index in [-0.39, 0.29) is 29.2 Å². The zero-order chi connectivity index (χ0) is 26.7. The number of ether oxygens (including phenoxy) is 1. The zero-order valence-electron chi connectivity index (χ0n) is 20.5. The number of carbonyl (C=O) groups excluding carboxylic acids is 2. The summed E-state index contributed by atoms with van der Waals surface area (Å²) in [6, 6.07) is 11.5. The third-order valence-electron chi connectivity index (χ3n) is 6.92. The highest BCUT2D eigenvalue weighted by molar-refractivity contribution is 8.00. The molecule has 13 heteroatoms. The van der Waals surface area contributed by atoms with Gasteiger partial charge in [0.05, 0.1) is 0 Å².